The van der Waals surface area contributed by atoms with E-state index in [1.54, 1.807) is 11.3 Å². The highest BCUT2D eigenvalue weighted by atomic mass is 32.1. The molecule has 160 valence electrons. The van der Waals surface area contributed by atoms with Crippen molar-refractivity contribution < 1.29 is 9.59 Å². The summed E-state index contributed by atoms with van der Waals surface area (Å²) in [4.78, 5) is 31.3. The summed E-state index contributed by atoms with van der Waals surface area (Å²) >= 11 is 1.59. The highest BCUT2D eigenvalue weighted by Crippen LogP contribution is 2.42. The van der Waals surface area contributed by atoms with Crippen molar-refractivity contribution in [3.8, 4) is 0 Å². The minimum atomic E-state index is -0.0383. The van der Waals surface area contributed by atoms with Gasteiger partial charge in [0.2, 0.25) is 11.9 Å². The molecule has 0 spiro atoms. The van der Waals surface area contributed by atoms with E-state index >= 15 is 0 Å². The number of fused-ring (bicyclic) bond motifs is 1. The van der Waals surface area contributed by atoms with E-state index in [0.717, 1.165) is 61.7 Å². The molecule has 8 heteroatoms. The van der Waals surface area contributed by atoms with Crippen LogP contribution in [0.15, 0.2) is 12.4 Å². The molecule has 0 radical (unpaired) electrons. The van der Waals surface area contributed by atoms with Gasteiger partial charge in [-0.2, -0.15) is 0 Å². The van der Waals surface area contributed by atoms with Gasteiger partial charge in [-0.25, -0.2) is 4.98 Å². The average Bonchev–Trinajstić information content (AvgIpc) is 3.66. The number of carbonyl (C=O) groups excluding carboxylic acids is 2. The molecular weight excluding hydrogens is 398 g/mol. The van der Waals surface area contributed by atoms with Crippen LogP contribution in [0.3, 0.4) is 0 Å². The van der Waals surface area contributed by atoms with Crippen molar-refractivity contribution in [1.82, 2.24) is 14.9 Å². The molecule has 2 aromatic heterocycles. The van der Waals surface area contributed by atoms with E-state index in [4.69, 9.17) is 0 Å². The zero-order valence-corrected chi connectivity index (χ0v) is 18.2. The van der Waals surface area contributed by atoms with Gasteiger partial charge >= 0.3 is 0 Å². The van der Waals surface area contributed by atoms with Crippen LogP contribution in [0.25, 0.3) is 0 Å². The number of anilines is 2. The summed E-state index contributed by atoms with van der Waals surface area (Å²) in [6.07, 6.45) is 10.8. The van der Waals surface area contributed by atoms with Crippen LogP contribution in [0.1, 0.15) is 65.9 Å². The van der Waals surface area contributed by atoms with Gasteiger partial charge in [-0.15, -0.1) is 11.3 Å². The van der Waals surface area contributed by atoms with Gasteiger partial charge in [-0.1, -0.05) is 0 Å². The summed E-state index contributed by atoms with van der Waals surface area (Å²) in [6, 6.07) is 0.255. The maximum Gasteiger partial charge on any atom is 0.254 e. The van der Waals surface area contributed by atoms with Crippen LogP contribution < -0.4 is 16.0 Å². The monoisotopic (exact) mass is 427 g/mol. The Labute approximate surface area is 180 Å². The molecule has 3 N–H and O–H groups in total. The summed E-state index contributed by atoms with van der Waals surface area (Å²) in [5, 5.41) is 10.3. The number of rotatable bonds is 8. The maximum absolute atomic E-state index is 13.2. The third-order valence-corrected chi connectivity index (χ3v) is 7.50. The lowest BCUT2D eigenvalue weighted by Crippen LogP contribution is -2.28. The van der Waals surface area contributed by atoms with Crippen LogP contribution in [0.4, 0.5) is 10.9 Å². The van der Waals surface area contributed by atoms with E-state index in [-0.39, 0.29) is 23.8 Å². The number of nitrogens with one attached hydrogen (secondary N) is 3. The van der Waals surface area contributed by atoms with Crippen molar-refractivity contribution in [2.45, 2.75) is 57.9 Å². The largest absolute Gasteiger partial charge is 0.356 e. The summed E-state index contributed by atoms with van der Waals surface area (Å²) in [6.45, 7) is 3.61. The molecule has 2 fully saturated rings. The normalized spacial score (nSPS) is 20.5. The lowest BCUT2D eigenvalue weighted by atomic mass is 9.91. The van der Waals surface area contributed by atoms with Gasteiger partial charge in [0.15, 0.2) is 0 Å². The Morgan fingerprint density at radius 2 is 2.07 bits per heavy atom. The van der Waals surface area contributed by atoms with Crippen molar-refractivity contribution >= 4 is 34.1 Å². The lowest BCUT2D eigenvalue weighted by molar-refractivity contribution is -0.117. The number of amides is 2. The summed E-state index contributed by atoms with van der Waals surface area (Å²) in [7, 11) is 0. The first-order chi connectivity index (χ1) is 14.6. The van der Waals surface area contributed by atoms with Gasteiger partial charge in [0.25, 0.3) is 5.91 Å². The standard InChI is InChI=1S/C22H29N5O2S/c1-2-23-22-24-9-10-27(22)15-7-8-17-16(11-15)18(20(29)25-12-13-3-4-13)21(30-17)26-19(28)14-5-6-14/h9-10,13-15H,2-8,11-12H2,1H3,(H,23,24)(H,25,29)(H,26,28)/t15-/m0/s1. The first-order valence-electron chi connectivity index (χ1n) is 11.1. The van der Waals surface area contributed by atoms with E-state index in [9.17, 15) is 9.59 Å². The zero-order valence-electron chi connectivity index (χ0n) is 17.4. The van der Waals surface area contributed by atoms with Crippen LogP contribution in [0, 0.1) is 11.8 Å². The molecule has 0 saturated heterocycles. The van der Waals surface area contributed by atoms with E-state index in [1.807, 2.05) is 12.4 Å². The van der Waals surface area contributed by atoms with Crippen molar-refractivity contribution in [3.63, 3.8) is 0 Å². The molecule has 2 heterocycles. The Kier molecular flexibility index (Phi) is 5.26. The van der Waals surface area contributed by atoms with Crippen LogP contribution in [0.5, 0.6) is 0 Å². The van der Waals surface area contributed by atoms with E-state index in [2.05, 4.69) is 32.4 Å². The summed E-state index contributed by atoms with van der Waals surface area (Å²) < 4.78 is 2.19. The highest BCUT2D eigenvalue weighted by Gasteiger charge is 2.34. The molecule has 3 aliphatic rings. The Morgan fingerprint density at radius 1 is 1.23 bits per heavy atom. The average molecular weight is 428 g/mol. The number of aromatic nitrogens is 2. The fraction of sp³-hybridized carbons (Fsp3) is 0.591. The fourth-order valence-corrected chi connectivity index (χ4v) is 5.49. The molecule has 3 aliphatic carbocycles. The lowest BCUT2D eigenvalue weighted by Gasteiger charge is -2.26. The van der Waals surface area contributed by atoms with E-state index < -0.39 is 0 Å². The zero-order chi connectivity index (χ0) is 20.7. The first-order valence-corrected chi connectivity index (χ1v) is 12.0. The van der Waals surface area contributed by atoms with Crippen molar-refractivity contribution in [1.29, 1.82) is 0 Å². The predicted octanol–water partition coefficient (Wildman–Crippen LogP) is 3.59. The van der Waals surface area contributed by atoms with Crippen molar-refractivity contribution in [2.75, 3.05) is 23.7 Å². The van der Waals surface area contributed by atoms with Gasteiger partial charge < -0.3 is 20.5 Å². The molecule has 2 saturated carbocycles. The molecule has 7 nitrogen and oxygen atoms in total. The number of imidazole rings is 1. The molecule has 0 unspecified atom stereocenters. The fourth-order valence-electron chi connectivity index (χ4n) is 4.24. The smallest absolute Gasteiger partial charge is 0.254 e. The number of thiophene rings is 1. The molecular formula is C22H29N5O2S. The van der Waals surface area contributed by atoms with Gasteiger partial charge in [0.05, 0.1) is 5.56 Å². The van der Waals surface area contributed by atoms with E-state index in [1.165, 1.54) is 17.7 Å². The number of hydrogen-bond acceptors (Lipinski definition) is 5. The molecule has 2 amide bonds. The molecule has 2 aromatic rings. The Balaban J connectivity index is 1.43. The number of aryl methyl sites for hydroxylation is 1. The molecule has 30 heavy (non-hydrogen) atoms. The SMILES string of the molecule is CCNc1nccn1[C@H]1CCc2sc(NC(=O)C3CC3)c(C(=O)NCC3CC3)c2C1. The second-order valence-corrected chi connectivity index (χ2v) is 9.82. The van der Waals surface area contributed by atoms with Gasteiger partial charge in [-0.3, -0.25) is 9.59 Å². The van der Waals surface area contributed by atoms with Crippen LogP contribution >= 0.6 is 11.3 Å². The quantitative estimate of drug-likeness (QED) is 0.601. The maximum atomic E-state index is 13.2. The van der Waals surface area contributed by atoms with Gasteiger partial charge in [-0.05, 0) is 63.4 Å². The number of nitrogens with zero attached hydrogens (tertiary/aromatic N) is 2. The predicted molar refractivity (Wildman–Crippen MR) is 118 cm³/mol. The minimum absolute atomic E-state index is 0.0383. The number of hydrogen-bond donors (Lipinski definition) is 3. The minimum Gasteiger partial charge on any atom is -0.356 e. The topological polar surface area (TPSA) is 88.1 Å². The molecule has 0 aromatic carbocycles. The Hall–Kier alpha value is -2.35. The first kappa shape index (κ1) is 19.6. The van der Waals surface area contributed by atoms with Crippen LogP contribution in [0.2, 0.25) is 0 Å². The van der Waals surface area contributed by atoms with E-state index in [0.29, 0.717) is 11.5 Å². The molecule has 5 rings (SSSR count). The van der Waals surface area contributed by atoms with Crippen molar-refractivity contribution in [2.24, 2.45) is 11.8 Å². The third-order valence-electron chi connectivity index (χ3n) is 6.29. The highest BCUT2D eigenvalue weighted by molar-refractivity contribution is 7.17. The Morgan fingerprint density at radius 3 is 2.80 bits per heavy atom. The number of carbonyl (C=O) groups is 2. The van der Waals surface area contributed by atoms with Crippen molar-refractivity contribution in [3.05, 3.63) is 28.4 Å². The van der Waals surface area contributed by atoms with Gasteiger partial charge in [0.1, 0.15) is 5.00 Å². The summed E-state index contributed by atoms with van der Waals surface area (Å²) in [5.74, 6) is 1.64. The third kappa shape index (κ3) is 3.97. The molecule has 1 atom stereocenters. The Bertz CT molecular complexity index is 957. The molecule has 0 bridgehead atoms. The summed E-state index contributed by atoms with van der Waals surface area (Å²) in [5.41, 5.74) is 1.80. The molecule has 0 aliphatic heterocycles. The van der Waals surface area contributed by atoms with Gasteiger partial charge in [0, 0.05) is 42.3 Å². The second-order valence-electron chi connectivity index (χ2n) is 8.71. The second kappa shape index (κ2) is 8.06. The van der Waals surface area contributed by atoms with Crippen LogP contribution in [-0.2, 0) is 17.6 Å². The van der Waals surface area contributed by atoms with Crippen LogP contribution in [-0.4, -0.2) is 34.5 Å².